The molecule has 2 heterocycles. The number of hydrogen-bond acceptors (Lipinski definition) is 9. The quantitative estimate of drug-likeness (QED) is 0.432. The van der Waals surface area contributed by atoms with E-state index in [0.29, 0.717) is 40.8 Å². The van der Waals surface area contributed by atoms with Crippen LogP contribution >= 0.6 is 0 Å². The molecule has 10 nitrogen and oxygen atoms in total. The standard InChI is InChI=1S/C22H21N3O7/c1-5-30-14-8-6-7-12-9-17(31-18(12)14)20(26)23-22-25-24-21(32-22)13-10-15(27-2)19(29-4)16(11-13)28-3/h6-11H,5H2,1-4H3,(H,23,25,26). The molecule has 0 bridgehead atoms. The molecule has 0 fully saturated rings. The fourth-order valence-electron chi connectivity index (χ4n) is 3.17. The molecule has 0 aliphatic rings. The lowest BCUT2D eigenvalue weighted by molar-refractivity contribution is 0.0995. The van der Waals surface area contributed by atoms with E-state index >= 15 is 0 Å². The van der Waals surface area contributed by atoms with Crippen LogP contribution in [0.5, 0.6) is 23.0 Å². The Labute approximate surface area is 183 Å². The monoisotopic (exact) mass is 439 g/mol. The highest BCUT2D eigenvalue weighted by molar-refractivity contribution is 6.04. The number of nitrogens with zero attached hydrogens (tertiary/aromatic N) is 2. The molecule has 166 valence electrons. The van der Waals surface area contributed by atoms with Crippen molar-refractivity contribution in [3.8, 4) is 34.5 Å². The number of benzene rings is 2. The van der Waals surface area contributed by atoms with E-state index in [2.05, 4.69) is 15.5 Å². The predicted octanol–water partition coefficient (Wildman–Crippen LogP) is 4.16. The second kappa shape index (κ2) is 8.88. The molecular formula is C22H21N3O7. The van der Waals surface area contributed by atoms with Gasteiger partial charge in [-0.3, -0.25) is 10.1 Å². The number of ether oxygens (including phenoxy) is 4. The Bertz CT molecular complexity index is 1240. The molecule has 0 saturated carbocycles. The van der Waals surface area contributed by atoms with Crippen LogP contribution in [0.1, 0.15) is 17.5 Å². The number of para-hydroxylation sites is 1. The van der Waals surface area contributed by atoms with Crippen molar-refractivity contribution in [3.63, 3.8) is 0 Å². The number of carbonyl (C=O) groups is 1. The van der Waals surface area contributed by atoms with Crippen LogP contribution in [0.15, 0.2) is 45.2 Å². The van der Waals surface area contributed by atoms with E-state index in [1.165, 1.54) is 21.3 Å². The number of fused-ring (bicyclic) bond motifs is 1. The average molecular weight is 439 g/mol. The highest BCUT2D eigenvalue weighted by Gasteiger charge is 2.20. The van der Waals surface area contributed by atoms with Gasteiger partial charge in [-0.2, -0.15) is 0 Å². The predicted molar refractivity (Wildman–Crippen MR) is 115 cm³/mol. The third kappa shape index (κ3) is 3.89. The van der Waals surface area contributed by atoms with Crippen LogP contribution in [-0.4, -0.2) is 44.0 Å². The van der Waals surface area contributed by atoms with Crippen molar-refractivity contribution in [1.29, 1.82) is 0 Å². The summed E-state index contributed by atoms with van der Waals surface area (Å²) in [6, 6.07) is 10.3. The Morgan fingerprint density at radius 1 is 0.969 bits per heavy atom. The first-order valence-electron chi connectivity index (χ1n) is 9.68. The van der Waals surface area contributed by atoms with Gasteiger partial charge in [0.25, 0.3) is 5.91 Å². The fraction of sp³-hybridized carbons (Fsp3) is 0.227. The Kier molecular flexibility index (Phi) is 5.84. The number of furan rings is 1. The zero-order valence-electron chi connectivity index (χ0n) is 17.9. The van der Waals surface area contributed by atoms with Crippen LogP contribution in [0, 0.1) is 0 Å². The van der Waals surface area contributed by atoms with E-state index in [4.69, 9.17) is 27.8 Å². The fourth-order valence-corrected chi connectivity index (χ4v) is 3.17. The van der Waals surface area contributed by atoms with Gasteiger partial charge in [0.1, 0.15) is 0 Å². The minimum Gasteiger partial charge on any atom is -0.493 e. The second-order valence-electron chi connectivity index (χ2n) is 6.50. The van der Waals surface area contributed by atoms with Crippen molar-refractivity contribution in [2.24, 2.45) is 0 Å². The topological polar surface area (TPSA) is 118 Å². The van der Waals surface area contributed by atoms with Gasteiger partial charge in [-0.05, 0) is 31.2 Å². The Morgan fingerprint density at radius 2 is 1.72 bits per heavy atom. The summed E-state index contributed by atoms with van der Waals surface area (Å²) in [5.74, 6) is 1.55. The zero-order valence-corrected chi connectivity index (χ0v) is 17.9. The van der Waals surface area contributed by atoms with Crippen LogP contribution < -0.4 is 24.3 Å². The van der Waals surface area contributed by atoms with Gasteiger partial charge >= 0.3 is 6.01 Å². The zero-order chi connectivity index (χ0) is 22.7. The molecule has 0 atom stereocenters. The molecule has 2 aromatic carbocycles. The van der Waals surface area contributed by atoms with Crippen molar-refractivity contribution < 1.29 is 32.6 Å². The Morgan fingerprint density at radius 3 is 2.38 bits per heavy atom. The maximum Gasteiger partial charge on any atom is 0.322 e. The van der Waals surface area contributed by atoms with E-state index in [1.807, 2.05) is 19.1 Å². The van der Waals surface area contributed by atoms with Crippen LogP contribution in [0.25, 0.3) is 22.4 Å². The second-order valence-corrected chi connectivity index (χ2v) is 6.50. The lowest BCUT2D eigenvalue weighted by Gasteiger charge is -2.12. The van der Waals surface area contributed by atoms with Gasteiger partial charge in [0.15, 0.2) is 28.6 Å². The smallest absolute Gasteiger partial charge is 0.322 e. The molecule has 0 radical (unpaired) electrons. The van der Waals surface area contributed by atoms with Gasteiger partial charge in [0, 0.05) is 10.9 Å². The van der Waals surface area contributed by atoms with Gasteiger partial charge < -0.3 is 27.8 Å². The number of aromatic nitrogens is 2. The number of methoxy groups -OCH3 is 3. The minimum absolute atomic E-state index is 0.0830. The van der Waals surface area contributed by atoms with Crippen molar-refractivity contribution in [3.05, 3.63) is 42.2 Å². The number of nitrogens with one attached hydrogen (secondary N) is 1. The lowest BCUT2D eigenvalue weighted by Crippen LogP contribution is -2.11. The lowest BCUT2D eigenvalue weighted by atomic mass is 10.2. The molecule has 4 rings (SSSR count). The average Bonchev–Trinajstić information content (AvgIpc) is 3.46. The summed E-state index contributed by atoms with van der Waals surface area (Å²) >= 11 is 0. The summed E-state index contributed by atoms with van der Waals surface area (Å²) in [7, 11) is 4.52. The molecule has 0 aliphatic heterocycles. The van der Waals surface area contributed by atoms with Crippen molar-refractivity contribution in [1.82, 2.24) is 10.2 Å². The summed E-state index contributed by atoms with van der Waals surface area (Å²) in [4.78, 5) is 12.7. The molecule has 1 N–H and O–H groups in total. The molecule has 0 unspecified atom stereocenters. The van der Waals surface area contributed by atoms with Crippen LogP contribution in [0.3, 0.4) is 0 Å². The van der Waals surface area contributed by atoms with E-state index in [1.54, 1.807) is 24.3 Å². The van der Waals surface area contributed by atoms with Crippen LogP contribution in [0.2, 0.25) is 0 Å². The van der Waals surface area contributed by atoms with Crippen LogP contribution in [-0.2, 0) is 0 Å². The summed E-state index contributed by atoms with van der Waals surface area (Å²) in [5.41, 5.74) is 1.01. The third-order valence-electron chi connectivity index (χ3n) is 4.59. The van der Waals surface area contributed by atoms with Gasteiger partial charge in [-0.15, -0.1) is 5.10 Å². The Hall–Kier alpha value is -4.21. The normalized spacial score (nSPS) is 10.8. The maximum atomic E-state index is 12.7. The number of anilines is 1. The first-order chi connectivity index (χ1) is 15.6. The molecule has 1 amide bonds. The number of hydrogen-bond donors (Lipinski definition) is 1. The van der Waals surface area contributed by atoms with E-state index in [-0.39, 0.29) is 17.7 Å². The van der Waals surface area contributed by atoms with Gasteiger partial charge in [-0.25, -0.2) is 0 Å². The number of rotatable bonds is 8. The minimum atomic E-state index is -0.538. The van der Waals surface area contributed by atoms with Gasteiger partial charge in [-0.1, -0.05) is 17.2 Å². The number of carbonyl (C=O) groups excluding carboxylic acids is 1. The summed E-state index contributed by atoms with van der Waals surface area (Å²) in [6.45, 7) is 2.35. The molecule has 10 heteroatoms. The molecule has 0 spiro atoms. The molecule has 0 saturated heterocycles. The summed E-state index contributed by atoms with van der Waals surface area (Å²) < 4.78 is 32.8. The molecule has 4 aromatic rings. The summed E-state index contributed by atoms with van der Waals surface area (Å²) in [6.07, 6.45) is 0. The largest absolute Gasteiger partial charge is 0.493 e. The van der Waals surface area contributed by atoms with Crippen molar-refractivity contribution >= 4 is 22.9 Å². The first kappa shape index (κ1) is 21.0. The summed E-state index contributed by atoms with van der Waals surface area (Å²) in [5, 5.41) is 11.2. The molecule has 32 heavy (non-hydrogen) atoms. The van der Waals surface area contributed by atoms with Gasteiger partial charge in [0.2, 0.25) is 11.6 Å². The third-order valence-corrected chi connectivity index (χ3v) is 4.59. The van der Waals surface area contributed by atoms with Crippen molar-refractivity contribution in [2.45, 2.75) is 6.92 Å². The van der Waals surface area contributed by atoms with Gasteiger partial charge in [0.05, 0.1) is 27.9 Å². The molecule has 2 aromatic heterocycles. The van der Waals surface area contributed by atoms with Crippen molar-refractivity contribution in [2.75, 3.05) is 33.3 Å². The molecular weight excluding hydrogens is 418 g/mol. The van der Waals surface area contributed by atoms with Crippen LogP contribution in [0.4, 0.5) is 6.01 Å². The van der Waals surface area contributed by atoms with E-state index < -0.39 is 5.91 Å². The highest BCUT2D eigenvalue weighted by atomic mass is 16.5. The van der Waals surface area contributed by atoms with E-state index in [9.17, 15) is 4.79 Å². The molecule has 0 aliphatic carbocycles. The van der Waals surface area contributed by atoms with E-state index in [0.717, 1.165) is 5.39 Å². The maximum absolute atomic E-state index is 12.7. The highest BCUT2D eigenvalue weighted by Crippen LogP contribution is 2.41. The first-order valence-corrected chi connectivity index (χ1v) is 9.68. The Balaban J connectivity index is 1.58. The SMILES string of the molecule is CCOc1cccc2cc(C(=O)Nc3nnc(-c4cc(OC)c(OC)c(OC)c4)o3)oc12. The number of amides is 1.